The number of fused-ring (bicyclic) bond motifs is 1. The van der Waals surface area contributed by atoms with Gasteiger partial charge in [-0.1, -0.05) is 72.3 Å². The molecule has 0 aliphatic heterocycles. The van der Waals surface area contributed by atoms with Crippen LogP contribution in [0.15, 0.2) is 85.1 Å². The first kappa shape index (κ1) is 17.8. The molecular formula is C24H23ClN2. The second-order valence-electron chi connectivity index (χ2n) is 6.94. The lowest BCUT2D eigenvalue weighted by molar-refractivity contribution is 0.575. The van der Waals surface area contributed by atoms with E-state index >= 15 is 0 Å². The van der Waals surface area contributed by atoms with Crippen molar-refractivity contribution >= 4 is 22.5 Å². The van der Waals surface area contributed by atoms with Crippen molar-refractivity contribution in [3.05, 3.63) is 107 Å². The Morgan fingerprint density at radius 3 is 2.52 bits per heavy atom. The number of hydrogen-bond donors (Lipinski definition) is 1. The van der Waals surface area contributed by atoms with Crippen molar-refractivity contribution in [1.29, 1.82) is 0 Å². The fourth-order valence-corrected chi connectivity index (χ4v) is 3.76. The van der Waals surface area contributed by atoms with Gasteiger partial charge >= 0.3 is 0 Å². The van der Waals surface area contributed by atoms with E-state index in [0.717, 1.165) is 18.1 Å². The lowest BCUT2D eigenvalue weighted by Gasteiger charge is -2.13. The maximum atomic E-state index is 6.16. The molecule has 0 fully saturated rings. The van der Waals surface area contributed by atoms with E-state index in [-0.39, 0.29) is 0 Å². The third kappa shape index (κ3) is 4.08. The molecule has 0 bridgehead atoms. The van der Waals surface area contributed by atoms with Gasteiger partial charge < -0.3 is 9.88 Å². The molecule has 0 unspecified atom stereocenters. The fourth-order valence-electron chi connectivity index (χ4n) is 3.55. The van der Waals surface area contributed by atoms with Crippen LogP contribution >= 0.6 is 11.6 Å². The second-order valence-corrected chi connectivity index (χ2v) is 7.38. The lowest BCUT2D eigenvalue weighted by Crippen LogP contribution is -2.17. The largest absolute Gasteiger partial charge is 0.343 e. The summed E-state index contributed by atoms with van der Waals surface area (Å²) in [7, 11) is 0. The topological polar surface area (TPSA) is 17.0 Å². The van der Waals surface area contributed by atoms with Crippen LogP contribution in [-0.4, -0.2) is 4.57 Å². The Hall–Kier alpha value is -2.55. The van der Waals surface area contributed by atoms with Crippen LogP contribution in [0.25, 0.3) is 10.9 Å². The van der Waals surface area contributed by atoms with E-state index in [1.54, 1.807) is 0 Å². The number of rotatable bonds is 6. The number of benzene rings is 3. The zero-order chi connectivity index (χ0) is 18.6. The standard InChI is InChI=1S/C24H23ClN2/c1-18(20-9-3-2-4-10-20)26-15-21-17-27(24-13-6-5-12-23(21)24)16-19-8-7-11-22(25)14-19/h2-14,17-18,26H,15-16H2,1H3/t18-/m1/s1. The van der Waals surface area contributed by atoms with E-state index in [9.17, 15) is 0 Å². The van der Waals surface area contributed by atoms with Crippen LogP contribution in [0.5, 0.6) is 0 Å². The molecule has 0 amide bonds. The van der Waals surface area contributed by atoms with Crippen LogP contribution < -0.4 is 5.32 Å². The van der Waals surface area contributed by atoms with Gasteiger partial charge in [0.2, 0.25) is 0 Å². The van der Waals surface area contributed by atoms with E-state index in [1.165, 1.54) is 27.6 Å². The summed E-state index contributed by atoms with van der Waals surface area (Å²) in [5.74, 6) is 0. The molecule has 0 saturated heterocycles. The van der Waals surface area contributed by atoms with E-state index < -0.39 is 0 Å². The molecule has 0 saturated carbocycles. The van der Waals surface area contributed by atoms with Gasteiger partial charge in [-0.05, 0) is 41.8 Å². The van der Waals surface area contributed by atoms with Crippen LogP contribution in [0.4, 0.5) is 0 Å². The molecule has 136 valence electrons. The Labute approximate surface area is 165 Å². The van der Waals surface area contributed by atoms with E-state index in [4.69, 9.17) is 11.6 Å². The molecule has 4 aromatic rings. The van der Waals surface area contributed by atoms with Gasteiger partial charge in [-0.25, -0.2) is 0 Å². The van der Waals surface area contributed by atoms with Crippen LogP contribution in [0.2, 0.25) is 5.02 Å². The summed E-state index contributed by atoms with van der Waals surface area (Å²) in [6.45, 7) is 3.86. The fraction of sp³-hybridized carbons (Fsp3) is 0.167. The van der Waals surface area contributed by atoms with Gasteiger partial charge in [-0.3, -0.25) is 0 Å². The first-order chi connectivity index (χ1) is 13.2. The molecule has 1 atom stereocenters. The highest BCUT2D eigenvalue weighted by Gasteiger charge is 2.10. The van der Waals surface area contributed by atoms with Crippen molar-refractivity contribution in [3.8, 4) is 0 Å². The highest BCUT2D eigenvalue weighted by Crippen LogP contribution is 2.24. The third-order valence-corrected chi connectivity index (χ3v) is 5.25. The van der Waals surface area contributed by atoms with Gasteiger partial charge in [0.25, 0.3) is 0 Å². The van der Waals surface area contributed by atoms with Crippen molar-refractivity contribution in [3.63, 3.8) is 0 Å². The highest BCUT2D eigenvalue weighted by atomic mass is 35.5. The first-order valence-electron chi connectivity index (χ1n) is 9.30. The zero-order valence-electron chi connectivity index (χ0n) is 15.4. The van der Waals surface area contributed by atoms with Crippen molar-refractivity contribution in [2.45, 2.75) is 26.1 Å². The molecular weight excluding hydrogens is 352 g/mol. The summed E-state index contributed by atoms with van der Waals surface area (Å²) in [6, 6.07) is 27.5. The number of halogens is 1. The van der Waals surface area contributed by atoms with Crippen molar-refractivity contribution < 1.29 is 0 Å². The van der Waals surface area contributed by atoms with Crippen molar-refractivity contribution in [1.82, 2.24) is 9.88 Å². The molecule has 0 spiro atoms. The third-order valence-electron chi connectivity index (χ3n) is 5.01. The minimum absolute atomic E-state index is 0.307. The molecule has 3 heteroatoms. The molecule has 2 nitrogen and oxygen atoms in total. The Bertz CT molecular complexity index is 1040. The Morgan fingerprint density at radius 2 is 1.70 bits per heavy atom. The number of hydrogen-bond acceptors (Lipinski definition) is 1. The second kappa shape index (κ2) is 7.99. The summed E-state index contributed by atoms with van der Waals surface area (Å²) in [5.41, 5.74) is 5.08. The van der Waals surface area contributed by atoms with Gasteiger partial charge in [-0.15, -0.1) is 0 Å². The predicted molar refractivity (Wildman–Crippen MR) is 114 cm³/mol. The quantitative estimate of drug-likeness (QED) is 0.425. The average Bonchev–Trinajstić information content (AvgIpc) is 3.04. The predicted octanol–water partition coefficient (Wildman–Crippen LogP) is 6.19. The number of para-hydroxylation sites is 1. The van der Waals surface area contributed by atoms with Gasteiger partial charge in [0.1, 0.15) is 0 Å². The molecule has 3 aromatic carbocycles. The van der Waals surface area contributed by atoms with E-state index in [0.29, 0.717) is 6.04 Å². The molecule has 0 radical (unpaired) electrons. The van der Waals surface area contributed by atoms with Crippen LogP contribution in [0.3, 0.4) is 0 Å². The minimum atomic E-state index is 0.307. The smallest absolute Gasteiger partial charge is 0.0486 e. The lowest BCUT2D eigenvalue weighted by atomic mass is 10.1. The minimum Gasteiger partial charge on any atom is -0.343 e. The molecule has 27 heavy (non-hydrogen) atoms. The number of aromatic nitrogens is 1. The Morgan fingerprint density at radius 1 is 0.926 bits per heavy atom. The van der Waals surface area contributed by atoms with E-state index in [1.807, 2.05) is 18.2 Å². The Balaban J connectivity index is 1.58. The summed E-state index contributed by atoms with van der Waals surface area (Å²) in [5, 5.41) is 5.74. The molecule has 1 N–H and O–H groups in total. The van der Waals surface area contributed by atoms with Crippen LogP contribution in [-0.2, 0) is 13.1 Å². The average molecular weight is 375 g/mol. The van der Waals surface area contributed by atoms with Gasteiger partial charge in [0.15, 0.2) is 0 Å². The summed E-state index contributed by atoms with van der Waals surface area (Å²) in [6.07, 6.45) is 2.26. The molecule has 0 aliphatic rings. The normalized spacial score (nSPS) is 12.4. The Kier molecular flexibility index (Phi) is 5.28. The van der Waals surface area contributed by atoms with Gasteiger partial charge in [-0.2, -0.15) is 0 Å². The van der Waals surface area contributed by atoms with Crippen molar-refractivity contribution in [2.75, 3.05) is 0 Å². The number of nitrogens with one attached hydrogen (secondary N) is 1. The van der Waals surface area contributed by atoms with E-state index in [2.05, 4.69) is 83.7 Å². The monoisotopic (exact) mass is 374 g/mol. The molecule has 0 aliphatic carbocycles. The van der Waals surface area contributed by atoms with Gasteiger partial charge in [0.05, 0.1) is 0 Å². The maximum Gasteiger partial charge on any atom is 0.0486 e. The highest BCUT2D eigenvalue weighted by molar-refractivity contribution is 6.30. The summed E-state index contributed by atoms with van der Waals surface area (Å²) < 4.78 is 2.31. The zero-order valence-corrected chi connectivity index (χ0v) is 16.2. The number of nitrogens with zero attached hydrogens (tertiary/aromatic N) is 1. The molecule has 1 heterocycles. The van der Waals surface area contributed by atoms with Gasteiger partial charge in [0, 0.05) is 41.3 Å². The summed E-state index contributed by atoms with van der Waals surface area (Å²) in [4.78, 5) is 0. The van der Waals surface area contributed by atoms with Crippen LogP contribution in [0.1, 0.15) is 29.7 Å². The first-order valence-corrected chi connectivity index (χ1v) is 9.68. The maximum absolute atomic E-state index is 6.16. The van der Waals surface area contributed by atoms with Crippen LogP contribution in [0, 0.1) is 0 Å². The SMILES string of the molecule is C[C@@H](NCc1cn(Cc2cccc(Cl)c2)c2ccccc12)c1ccccc1. The molecule has 1 aromatic heterocycles. The van der Waals surface area contributed by atoms with Crippen molar-refractivity contribution in [2.24, 2.45) is 0 Å². The summed E-state index contributed by atoms with van der Waals surface area (Å²) >= 11 is 6.16. The molecule has 4 rings (SSSR count).